The van der Waals surface area contributed by atoms with E-state index in [0.717, 1.165) is 29.9 Å². The standard InChI is InChI=1S/C15H17N3O2/c1-10-8-13(18-20-10)9-17-14(19)15(6-7-15)11-2-4-12(16)5-3-11/h2-5,8H,6-7,9,16H2,1H3,(H,17,19). The fourth-order valence-electron chi connectivity index (χ4n) is 2.42. The number of anilines is 1. The van der Waals surface area contributed by atoms with Crippen LogP contribution >= 0.6 is 0 Å². The van der Waals surface area contributed by atoms with Gasteiger partial charge in [-0.05, 0) is 37.5 Å². The number of nitrogens with two attached hydrogens (primary N) is 1. The molecule has 0 bridgehead atoms. The van der Waals surface area contributed by atoms with Crippen molar-refractivity contribution in [1.82, 2.24) is 10.5 Å². The lowest BCUT2D eigenvalue weighted by molar-refractivity contribution is -0.123. The Morgan fingerprint density at radius 3 is 2.65 bits per heavy atom. The molecule has 1 aromatic carbocycles. The van der Waals surface area contributed by atoms with E-state index in [2.05, 4.69) is 10.5 Å². The lowest BCUT2D eigenvalue weighted by atomic mass is 9.95. The molecule has 3 N–H and O–H groups in total. The summed E-state index contributed by atoms with van der Waals surface area (Å²) < 4.78 is 4.98. The summed E-state index contributed by atoms with van der Waals surface area (Å²) in [5.74, 6) is 0.789. The smallest absolute Gasteiger partial charge is 0.230 e. The second kappa shape index (κ2) is 4.67. The van der Waals surface area contributed by atoms with Crippen molar-refractivity contribution in [3.05, 3.63) is 47.3 Å². The van der Waals surface area contributed by atoms with Crippen molar-refractivity contribution in [2.75, 3.05) is 5.73 Å². The fraction of sp³-hybridized carbons (Fsp3) is 0.333. The molecule has 0 aliphatic heterocycles. The number of hydrogen-bond donors (Lipinski definition) is 2. The lowest BCUT2D eigenvalue weighted by Gasteiger charge is -2.15. The van der Waals surface area contributed by atoms with Crippen LogP contribution < -0.4 is 11.1 Å². The van der Waals surface area contributed by atoms with E-state index in [0.29, 0.717) is 12.2 Å². The van der Waals surface area contributed by atoms with Crippen LogP contribution in [-0.4, -0.2) is 11.1 Å². The summed E-state index contributed by atoms with van der Waals surface area (Å²) in [6.07, 6.45) is 1.75. The molecule has 20 heavy (non-hydrogen) atoms. The third-order valence-corrected chi connectivity index (χ3v) is 3.75. The van der Waals surface area contributed by atoms with Crippen molar-refractivity contribution in [2.45, 2.75) is 31.7 Å². The van der Waals surface area contributed by atoms with Gasteiger partial charge in [0.1, 0.15) is 11.5 Å². The van der Waals surface area contributed by atoms with Crippen LogP contribution in [0.15, 0.2) is 34.9 Å². The first-order valence-corrected chi connectivity index (χ1v) is 6.67. The van der Waals surface area contributed by atoms with Gasteiger partial charge in [0.15, 0.2) is 0 Å². The molecule has 0 radical (unpaired) electrons. The number of nitrogens with one attached hydrogen (secondary N) is 1. The van der Waals surface area contributed by atoms with Gasteiger partial charge in [0, 0.05) is 11.8 Å². The predicted molar refractivity (Wildman–Crippen MR) is 74.9 cm³/mol. The molecule has 1 aromatic heterocycles. The maximum Gasteiger partial charge on any atom is 0.230 e. The topological polar surface area (TPSA) is 81.2 Å². The second-order valence-electron chi connectivity index (χ2n) is 5.32. The van der Waals surface area contributed by atoms with Gasteiger partial charge in [0.05, 0.1) is 12.0 Å². The van der Waals surface area contributed by atoms with E-state index in [1.807, 2.05) is 37.3 Å². The van der Waals surface area contributed by atoms with E-state index >= 15 is 0 Å². The highest BCUT2D eigenvalue weighted by molar-refractivity contribution is 5.91. The van der Waals surface area contributed by atoms with Gasteiger partial charge in [-0.1, -0.05) is 17.3 Å². The molecular formula is C15H17N3O2. The van der Waals surface area contributed by atoms with Gasteiger partial charge in [0.25, 0.3) is 0 Å². The van der Waals surface area contributed by atoms with Gasteiger partial charge in [0.2, 0.25) is 5.91 Å². The fourth-order valence-corrected chi connectivity index (χ4v) is 2.42. The zero-order valence-electron chi connectivity index (χ0n) is 11.3. The van der Waals surface area contributed by atoms with E-state index in [-0.39, 0.29) is 11.3 Å². The van der Waals surface area contributed by atoms with E-state index in [1.165, 1.54) is 0 Å². The largest absolute Gasteiger partial charge is 0.399 e. The maximum absolute atomic E-state index is 12.4. The van der Waals surface area contributed by atoms with Gasteiger partial charge in [-0.25, -0.2) is 0 Å². The molecule has 0 spiro atoms. The molecule has 1 aliphatic rings. The third kappa shape index (κ3) is 2.27. The van der Waals surface area contributed by atoms with Crippen molar-refractivity contribution in [2.24, 2.45) is 0 Å². The number of carbonyl (C=O) groups is 1. The minimum Gasteiger partial charge on any atom is -0.399 e. The Bertz CT molecular complexity index is 627. The normalized spacial score (nSPS) is 15.8. The SMILES string of the molecule is Cc1cc(CNC(=O)C2(c3ccc(N)cc3)CC2)no1. The molecule has 0 unspecified atom stereocenters. The number of rotatable bonds is 4. The third-order valence-electron chi connectivity index (χ3n) is 3.75. The van der Waals surface area contributed by atoms with E-state index < -0.39 is 0 Å². The van der Waals surface area contributed by atoms with Crippen molar-refractivity contribution in [3.63, 3.8) is 0 Å². The van der Waals surface area contributed by atoms with Gasteiger partial charge in [-0.2, -0.15) is 0 Å². The number of carbonyl (C=O) groups excluding carboxylic acids is 1. The van der Waals surface area contributed by atoms with Crippen LogP contribution in [0.1, 0.15) is 29.9 Å². The Morgan fingerprint density at radius 1 is 1.40 bits per heavy atom. The molecule has 0 atom stereocenters. The summed E-state index contributed by atoms with van der Waals surface area (Å²) >= 11 is 0. The molecule has 1 heterocycles. The minimum atomic E-state index is -0.382. The number of aromatic nitrogens is 1. The molecule has 0 saturated heterocycles. The molecule has 104 valence electrons. The Kier molecular flexibility index (Phi) is 2.97. The van der Waals surface area contributed by atoms with Gasteiger partial charge >= 0.3 is 0 Å². The summed E-state index contributed by atoms with van der Waals surface area (Å²) in [6.45, 7) is 2.22. The van der Waals surface area contributed by atoms with Gasteiger partial charge < -0.3 is 15.6 Å². The van der Waals surface area contributed by atoms with Crippen LogP contribution in [0.25, 0.3) is 0 Å². The molecule has 3 rings (SSSR count). The molecule has 2 aromatic rings. The Morgan fingerprint density at radius 2 is 2.10 bits per heavy atom. The van der Waals surface area contributed by atoms with Crippen LogP contribution in [0.3, 0.4) is 0 Å². The van der Waals surface area contributed by atoms with Crippen LogP contribution in [0.2, 0.25) is 0 Å². The number of hydrogen-bond acceptors (Lipinski definition) is 4. The summed E-state index contributed by atoms with van der Waals surface area (Å²) in [7, 11) is 0. The Hall–Kier alpha value is -2.30. The molecule has 5 heteroatoms. The Balaban J connectivity index is 1.68. The number of nitrogen functional groups attached to an aromatic ring is 1. The van der Waals surface area contributed by atoms with Crippen LogP contribution in [-0.2, 0) is 16.8 Å². The monoisotopic (exact) mass is 271 g/mol. The van der Waals surface area contributed by atoms with Gasteiger partial charge in [-0.3, -0.25) is 4.79 Å². The summed E-state index contributed by atoms with van der Waals surface area (Å²) in [4.78, 5) is 12.4. The molecule has 5 nitrogen and oxygen atoms in total. The zero-order valence-corrected chi connectivity index (χ0v) is 11.3. The van der Waals surface area contributed by atoms with Crippen molar-refractivity contribution < 1.29 is 9.32 Å². The number of aryl methyl sites for hydroxylation is 1. The predicted octanol–water partition coefficient (Wildman–Crippen LogP) is 1.91. The van der Waals surface area contributed by atoms with Crippen molar-refractivity contribution in [1.29, 1.82) is 0 Å². The first-order valence-electron chi connectivity index (χ1n) is 6.67. The van der Waals surface area contributed by atoms with Crippen molar-refractivity contribution >= 4 is 11.6 Å². The summed E-state index contributed by atoms with van der Waals surface area (Å²) in [5, 5.41) is 6.80. The van der Waals surface area contributed by atoms with Crippen LogP contribution in [0, 0.1) is 6.92 Å². The average Bonchev–Trinajstić information content (AvgIpc) is 3.15. The van der Waals surface area contributed by atoms with Gasteiger partial charge in [-0.15, -0.1) is 0 Å². The highest BCUT2D eigenvalue weighted by Crippen LogP contribution is 2.48. The Labute approximate surface area is 117 Å². The van der Waals surface area contributed by atoms with Crippen LogP contribution in [0.5, 0.6) is 0 Å². The lowest BCUT2D eigenvalue weighted by Crippen LogP contribution is -2.34. The van der Waals surface area contributed by atoms with E-state index in [4.69, 9.17) is 10.3 Å². The second-order valence-corrected chi connectivity index (χ2v) is 5.32. The number of amides is 1. The number of benzene rings is 1. The molecule has 1 fully saturated rings. The minimum absolute atomic E-state index is 0.0444. The first-order chi connectivity index (χ1) is 9.60. The van der Waals surface area contributed by atoms with E-state index in [1.54, 1.807) is 0 Å². The first kappa shape index (κ1) is 12.7. The number of nitrogens with zero attached hydrogens (tertiary/aromatic N) is 1. The quantitative estimate of drug-likeness (QED) is 0.832. The van der Waals surface area contributed by atoms with Crippen molar-refractivity contribution in [3.8, 4) is 0 Å². The molecule has 1 amide bonds. The highest BCUT2D eigenvalue weighted by atomic mass is 16.5. The average molecular weight is 271 g/mol. The highest BCUT2D eigenvalue weighted by Gasteiger charge is 2.51. The maximum atomic E-state index is 12.4. The summed E-state index contributed by atoms with van der Waals surface area (Å²) in [5.41, 5.74) is 7.78. The molecule has 1 aliphatic carbocycles. The van der Waals surface area contributed by atoms with Crippen LogP contribution in [0.4, 0.5) is 5.69 Å². The molecule has 1 saturated carbocycles. The molecular weight excluding hydrogens is 254 g/mol. The zero-order chi connectivity index (χ0) is 14.2. The summed E-state index contributed by atoms with van der Waals surface area (Å²) in [6, 6.07) is 9.36. The van der Waals surface area contributed by atoms with E-state index in [9.17, 15) is 4.79 Å².